The fraction of sp³-hybridized carbons (Fsp3) is 0.733. The lowest BCUT2D eigenvalue weighted by atomic mass is 10.0. The minimum Gasteiger partial charge on any atom is -0.310 e. The zero-order chi connectivity index (χ0) is 12.4. The molecule has 1 aromatic rings. The maximum atomic E-state index is 3.72. The van der Waals surface area contributed by atoms with E-state index in [-0.39, 0.29) is 0 Å². The first kappa shape index (κ1) is 13.1. The Morgan fingerprint density at radius 1 is 1.41 bits per heavy atom. The molecule has 0 aliphatic heterocycles. The molecule has 0 saturated heterocycles. The topological polar surface area (TPSA) is 12.0 Å². The predicted octanol–water partition coefficient (Wildman–Crippen LogP) is 4.45. The number of thiophene rings is 1. The van der Waals surface area contributed by atoms with E-state index in [1.807, 2.05) is 11.3 Å². The summed E-state index contributed by atoms with van der Waals surface area (Å²) in [6.07, 6.45) is 4.27. The van der Waals surface area contributed by atoms with Gasteiger partial charge in [-0.05, 0) is 63.6 Å². The van der Waals surface area contributed by atoms with Gasteiger partial charge in [0.2, 0.25) is 0 Å². The molecule has 2 rings (SSSR count). The quantitative estimate of drug-likeness (QED) is 0.833. The second-order valence-electron chi connectivity index (χ2n) is 5.78. The summed E-state index contributed by atoms with van der Waals surface area (Å²) in [5, 5.41) is 3.72. The summed E-state index contributed by atoms with van der Waals surface area (Å²) in [6, 6.07) is 2.85. The van der Waals surface area contributed by atoms with Gasteiger partial charge in [-0.15, -0.1) is 11.3 Å². The van der Waals surface area contributed by atoms with Crippen LogP contribution in [-0.4, -0.2) is 6.54 Å². The molecule has 1 aliphatic carbocycles. The van der Waals surface area contributed by atoms with E-state index in [4.69, 9.17) is 0 Å². The Morgan fingerprint density at radius 2 is 2.18 bits per heavy atom. The standard InChI is InChI=1S/C15H25NS/c1-10-5-6-14(7-10)9-16-12(3)15-8-11(2)17-13(15)4/h8,10,12,14,16H,5-7,9H2,1-4H3. The molecule has 1 aliphatic rings. The van der Waals surface area contributed by atoms with Gasteiger partial charge < -0.3 is 5.32 Å². The van der Waals surface area contributed by atoms with E-state index in [1.165, 1.54) is 41.1 Å². The van der Waals surface area contributed by atoms with Crippen molar-refractivity contribution in [1.82, 2.24) is 5.32 Å². The molecule has 0 aromatic carbocycles. The molecular weight excluding hydrogens is 226 g/mol. The zero-order valence-corrected chi connectivity index (χ0v) is 12.4. The predicted molar refractivity (Wildman–Crippen MR) is 76.7 cm³/mol. The highest BCUT2D eigenvalue weighted by atomic mass is 32.1. The lowest BCUT2D eigenvalue weighted by molar-refractivity contribution is 0.440. The van der Waals surface area contributed by atoms with Crippen LogP contribution in [0.3, 0.4) is 0 Å². The molecule has 1 nitrogen and oxygen atoms in total. The first-order valence-electron chi connectivity index (χ1n) is 6.86. The maximum Gasteiger partial charge on any atom is 0.0302 e. The molecule has 3 unspecified atom stereocenters. The average Bonchev–Trinajstić information content (AvgIpc) is 2.81. The summed E-state index contributed by atoms with van der Waals surface area (Å²) in [4.78, 5) is 2.91. The third-order valence-corrected chi connectivity index (χ3v) is 5.04. The van der Waals surface area contributed by atoms with Crippen LogP contribution in [0.1, 0.15) is 54.5 Å². The zero-order valence-electron chi connectivity index (χ0n) is 11.5. The Balaban J connectivity index is 1.85. The van der Waals surface area contributed by atoms with Gasteiger partial charge in [0.15, 0.2) is 0 Å². The molecule has 1 heterocycles. The highest BCUT2D eigenvalue weighted by Crippen LogP contribution is 2.31. The molecule has 0 bridgehead atoms. The molecule has 1 saturated carbocycles. The van der Waals surface area contributed by atoms with Crippen molar-refractivity contribution in [3.8, 4) is 0 Å². The van der Waals surface area contributed by atoms with E-state index < -0.39 is 0 Å². The van der Waals surface area contributed by atoms with Crippen molar-refractivity contribution >= 4 is 11.3 Å². The average molecular weight is 251 g/mol. The Kier molecular flexibility index (Phi) is 4.26. The van der Waals surface area contributed by atoms with E-state index in [0.29, 0.717) is 6.04 Å². The van der Waals surface area contributed by atoms with Crippen molar-refractivity contribution in [1.29, 1.82) is 0 Å². The molecule has 1 fully saturated rings. The Hall–Kier alpha value is -0.340. The van der Waals surface area contributed by atoms with Gasteiger partial charge >= 0.3 is 0 Å². The van der Waals surface area contributed by atoms with E-state index in [9.17, 15) is 0 Å². The van der Waals surface area contributed by atoms with Crippen molar-refractivity contribution in [2.75, 3.05) is 6.54 Å². The molecular formula is C15H25NS. The van der Waals surface area contributed by atoms with Crippen LogP contribution in [0.4, 0.5) is 0 Å². The summed E-state index contributed by atoms with van der Waals surface area (Å²) in [5.41, 5.74) is 1.50. The first-order chi connectivity index (χ1) is 8.06. The third-order valence-electron chi connectivity index (χ3n) is 4.06. The molecule has 0 spiro atoms. The van der Waals surface area contributed by atoms with Crippen LogP contribution >= 0.6 is 11.3 Å². The minimum absolute atomic E-state index is 0.510. The van der Waals surface area contributed by atoms with E-state index in [1.54, 1.807) is 0 Å². The lowest BCUT2D eigenvalue weighted by Gasteiger charge is -2.17. The number of aryl methyl sites for hydroxylation is 2. The van der Waals surface area contributed by atoms with Crippen LogP contribution in [-0.2, 0) is 0 Å². The Morgan fingerprint density at radius 3 is 2.71 bits per heavy atom. The van der Waals surface area contributed by atoms with Crippen LogP contribution in [0.15, 0.2) is 6.07 Å². The summed E-state index contributed by atoms with van der Waals surface area (Å²) in [7, 11) is 0. The molecule has 1 N–H and O–H groups in total. The highest BCUT2D eigenvalue weighted by Gasteiger charge is 2.21. The summed E-state index contributed by atoms with van der Waals surface area (Å²) in [6.45, 7) is 10.3. The Bertz CT molecular complexity index is 369. The van der Waals surface area contributed by atoms with Gasteiger partial charge in [0.05, 0.1) is 0 Å². The van der Waals surface area contributed by atoms with E-state index in [0.717, 1.165) is 11.8 Å². The van der Waals surface area contributed by atoms with Crippen molar-refractivity contribution in [3.05, 3.63) is 21.4 Å². The monoisotopic (exact) mass is 251 g/mol. The minimum atomic E-state index is 0.510. The van der Waals surface area contributed by atoms with Crippen molar-refractivity contribution in [3.63, 3.8) is 0 Å². The first-order valence-corrected chi connectivity index (χ1v) is 7.68. The van der Waals surface area contributed by atoms with Crippen LogP contribution < -0.4 is 5.32 Å². The van der Waals surface area contributed by atoms with Crippen LogP contribution in [0.25, 0.3) is 0 Å². The summed E-state index contributed by atoms with van der Waals surface area (Å²) < 4.78 is 0. The summed E-state index contributed by atoms with van der Waals surface area (Å²) in [5.74, 6) is 1.86. The van der Waals surface area contributed by atoms with Gasteiger partial charge in [0.1, 0.15) is 0 Å². The van der Waals surface area contributed by atoms with Crippen LogP contribution in [0, 0.1) is 25.7 Å². The van der Waals surface area contributed by atoms with Crippen molar-refractivity contribution < 1.29 is 0 Å². The van der Waals surface area contributed by atoms with Crippen LogP contribution in [0.5, 0.6) is 0 Å². The van der Waals surface area contributed by atoms with Crippen molar-refractivity contribution in [2.45, 2.75) is 53.0 Å². The molecule has 0 radical (unpaired) electrons. The van der Waals surface area contributed by atoms with Gasteiger partial charge in [-0.1, -0.05) is 13.3 Å². The number of hydrogen-bond donors (Lipinski definition) is 1. The van der Waals surface area contributed by atoms with Gasteiger partial charge in [-0.3, -0.25) is 0 Å². The van der Waals surface area contributed by atoms with Crippen molar-refractivity contribution in [2.24, 2.45) is 11.8 Å². The molecule has 0 amide bonds. The van der Waals surface area contributed by atoms with E-state index in [2.05, 4.69) is 39.1 Å². The number of hydrogen-bond acceptors (Lipinski definition) is 2. The van der Waals surface area contributed by atoms with Crippen LogP contribution in [0.2, 0.25) is 0 Å². The number of nitrogens with one attached hydrogen (secondary N) is 1. The normalized spacial score (nSPS) is 26.4. The Labute approximate surface area is 110 Å². The molecule has 2 heteroatoms. The molecule has 17 heavy (non-hydrogen) atoms. The number of rotatable bonds is 4. The second-order valence-corrected chi connectivity index (χ2v) is 7.24. The second kappa shape index (κ2) is 5.53. The third kappa shape index (κ3) is 3.32. The highest BCUT2D eigenvalue weighted by molar-refractivity contribution is 7.12. The van der Waals surface area contributed by atoms with Gasteiger partial charge in [0.25, 0.3) is 0 Å². The summed E-state index contributed by atoms with van der Waals surface area (Å²) >= 11 is 1.92. The van der Waals surface area contributed by atoms with Gasteiger partial charge in [-0.25, -0.2) is 0 Å². The largest absolute Gasteiger partial charge is 0.310 e. The molecule has 96 valence electrons. The SMILES string of the molecule is Cc1cc(C(C)NCC2CCC(C)C2)c(C)s1. The maximum absolute atomic E-state index is 3.72. The molecule has 3 atom stereocenters. The fourth-order valence-corrected chi connectivity index (χ4v) is 4.07. The van der Waals surface area contributed by atoms with E-state index >= 15 is 0 Å². The van der Waals surface area contributed by atoms with Gasteiger partial charge in [-0.2, -0.15) is 0 Å². The lowest BCUT2D eigenvalue weighted by Crippen LogP contribution is -2.24. The fourth-order valence-electron chi connectivity index (χ4n) is 3.04. The molecule has 1 aromatic heterocycles. The van der Waals surface area contributed by atoms with Gasteiger partial charge in [0, 0.05) is 15.8 Å². The smallest absolute Gasteiger partial charge is 0.0302 e.